The first-order chi connectivity index (χ1) is 19.6. The lowest BCUT2D eigenvalue weighted by atomic mass is 9.97. The van der Waals surface area contributed by atoms with E-state index in [1.165, 1.54) is 12.4 Å². The van der Waals surface area contributed by atoms with Crippen molar-refractivity contribution in [2.75, 3.05) is 29.9 Å². The SMILES string of the molecule is Cc1c(-c2cc3cc(Nc4cc5n(n4)CC(=O)N(C(C)C)CC5)ncc3c(Cl)c2F)cnc2c1N(C(=O)O)CCO2. The predicted octanol–water partition coefficient (Wildman–Crippen LogP) is 5.01. The van der Waals surface area contributed by atoms with Crippen molar-refractivity contribution in [3.05, 3.63) is 52.7 Å². The summed E-state index contributed by atoms with van der Waals surface area (Å²) in [7, 11) is 0. The molecule has 2 aliphatic rings. The predicted molar refractivity (Wildman–Crippen MR) is 152 cm³/mol. The number of amides is 2. The number of carboxylic acid groups (broad SMARTS) is 1. The van der Waals surface area contributed by atoms with Gasteiger partial charge in [-0.25, -0.2) is 19.2 Å². The summed E-state index contributed by atoms with van der Waals surface area (Å²) in [4.78, 5) is 36.2. The summed E-state index contributed by atoms with van der Waals surface area (Å²) in [5.41, 5.74) is 2.29. The van der Waals surface area contributed by atoms with Gasteiger partial charge < -0.3 is 20.1 Å². The molecule has 0 fully saturated rings. The van der Waals surface area contributed by atoms with Crippen LogP contribution < -0.4 is 15.0 Å². The molecule has 0 saturated carbocycles. The lowest BCUT2D eigenvalue weighted by molar-refractivity contribution is -0.133. The molecule has 0 unspecified atom stereocenters. The molecular formula is C28H27ClFN7O4. The van der Waals surface area contributed by atoms with Crippen LogP contribution in [0.2, 0.25) is 5.02 Å². The van der Waals surface area contributed by atoms with Crippen LogP contribution in [0.3, 0.4) is 0 Å². The summed E-state index contributed by atoms with van der Waals surface area (Å²) < 4.78 is 22.9. The highest BCUT2D eigenvalue weighted by Crippen LogP contribution is 2.42. The molecule has 4 aromatic rings. The van der Waals surface area contributed by atoms with Crippen LogP contribution in [0.5, 0.6) is 5.88 Å². The van der Waals surface area contributed by atoms with Gasteiger partial charge in [-0.05, 0) is 43.9 Å². The summed E-state index contributed by atoms with van der Waals surface area (Å²) >= 11 is 6.46. The van der Waals surface area contributed by atoms with E-state index in [1.54, 1.807) is 23.7 Å². The maximum absolute atomic E-state index is 15.6. The van der Waals surface area contributed by atoms with Gasteiger partial charge in [-0.2, -0.15) is 5.10 Å². The second-order valence-corrected chi connectivity index (χ2v) is 10.7. The quantitative estimate of drug-likeness (QED) is 0.346. The van der Waals surface area contributed by atoms with E-state index >= 15 is 4.39 Å². The van der Waals surface area contributed by atoms with Gasteiger partial charge in [-0.15, -0.1) is 0 Å². The van der Waals surface area contributed by atoms with Crippen LogP contribution in [-0.4, -0.2) is 67.5 Å². The molecular weight excluding hydrogens is 553 g/mol. The van der Waals surface area contributed by atoms with E-state index in [1.807, 2.05) is 24.8 Å². The number of benzene rings is 1. The van der Waals surface area contributed by atoms with E-state index < -0.39 is 11.9 Å². The molecule has 0 aliphatic carbocycles. The average molecular weight is 580 g/mol. The fourth-order valence-electron chi connectivity index (χ4n) is 5.41. The van der Waals surface area contributed by atoms with Crippen molar-refractivity contribution in [2.45, 2.75) is 39.8 Å². The molecule has 6 rings (SSSR count). The summed E-state index contributed by atoms with van der Waals surface area (Å²) in [6.45, 7) is 6.79. The first kappa shape index (κ1) is 26.8. The highest BCUT2D eigenvalue weighted by molar-refractivity contribution is 6.36. The minimum absolute atomic E-state index is 0.0198. The number of anilines is 3. The Bertz CT molecular complexity index is 1720. The van der Waals surface area contributed by atoms with Crippen molar-refractivity contribution in [1.29, 1.82) is 0 Å². The number of aromatic nitrogens is 4. The minimum Gasteiger partial charge on any atom is -0.474 e. The number of nitrogens with zero attached hydrogens (tertiary/aromatic N) is 6. The number of pyridine rings is 2. The molecule has 41 heavy (non-hydrogen) atoms. The monoisotopic (exact) mass is 579 g/mol. The summed E-state index contributed by atoms with van der Waals surface area (Å²) in [5.74, 6) is 0.532. The van der Waals surface area contributed by atoms with Crippen molar-refractivity contribution in [3.63, 3.8) is 0 Å². The molecule has 13 heteroatoms. The van der Waals surface area contributed by atoms with Crippen LogP contribution >= 0.6 is 11.6 Å². The molecule has 3 aromatic heterocycles. The number of halogens is 2. The Labute approximate surface area is 239 Å². The Morgan fingerprint density at radius 3 is 2.71 bits per heavy atom. The van der Waals surface area contributed by atoms with E-state index in [-0.39, 0.29) is 53.8 Å². The van der Waals surface area contributed by atoms with E-state index in [0.717, 1.165) is 10.6 Å². The maximum Gasteiger partial charge on any atom is 0.412 e. The van der Waals surface area contributed by atoms with Gasteiger partial charge in [0, 0.05) is 59.7 Å². The summed E-state index contributed by atoms with van der Waals surface area (Å²) in [6, 6.07) is 5.38. The number of carbonyl (C=O) groups is 2. The van der Waals surface area contributed by atoms with Gasteiger partial charge in [-0.3, -0.25) is 14.4 Å². The molecule has 212 valence electrons. The zero-order valence-corrected chi connectivity index (χ0v) is 23.4. The second kappa shape index (κ2) is 10.2. The van der Waals surface area contributed by atoms with E-state index in [0.29, 0.717) is 46.5 Å². The van der Waals surface area contributed by atoms with Crippen LogP contribution in [0, 0.1) is 12.7 Å². The van der Waals surface area contributed by atoms with Gasteiger partial charge in [0.05, 0.1) is 11.6 Å². The molecule has 0 bridgehead atoms. The molecule has 11 nitrogen and oxygen atoms in total. The van der Waals surface area contributed by atoms with Gasteiger partial charge in [0.2, 0.25) is 11.8 Å². The Morgan fingerprint density at radius 2 is 1.95 bits per heavy atom. The van der Waals surface area contributed by atoms with E-state index in [4.69, 9.17) is 16.3 Å². The molecule has 2 amide bonds. The first-order valence-corrected chi connectivity index (χ1v) is 13.5. The largest absolute Gasteiger partial charge is 0.474 e. The fraction of sp³-hybridized carbons (Fsp3) is 0.321. The van der Waals surface area contributed by atoms with Gasteiger partial charge >= 0.3 is 6.09 Å². The van der Waals surface area contributed by atoms with Crippen LogP contribution in [0.15, 0.2) is 30.6 Å². The highest BCUT2D eigenvalue weighted by atomic mass is 35.5. The molecule has 0 radical (unpaired) electrons. The van der Waals surface area contributed by atoms with Crippen molar-refractivity contribution in [2.24, 2.45) is 0 Å². The third-order valence-corrected chi connectivity index (χ3v) is 7.85. The molecule has 0 atom stereocenters. The van der Waals surface area contributed by atoms with Gasteiger partial charge in [0.1, 0.15) is 30.5 Å². The van der Waals surface area contributed by atoms with Gasteiger partial charge in [0.15, 0.2) is 5.82 Å². The second-order valence-electron chi connectivity index (χ2n) is 10.3. The zero-order chi connectivity index (χ0) is 29.0. The third kappa shape index (κ3) is 4.67. The number of ether oxygens (including phenoxy) is 1. The Morgan fingerprint density at radius 1 is 1.15 bits per heavy atom. The average Bonchev–Trinajstić information content (AvgIpc) is 3.23. The smallest absolute Gasteiger partial charge is 0.412 e. The lowest BCUT2D eigenvalue weighted by Crippen LogP contribution is -2.38. The highest BCUT2D eigenvalue weighted by Gasteiger charge is 2.29. The van der Waals surface area contributed by atoms with Crippen LogP contribution in [0.25, 0.3) is 21.9 Å². The molecule has 2 N–H and O–H groups in total. The number of hydrogen-bond acceptors (Lipinski definition) is 7. The topological polar surface area (TPSA) is 126 Å². The van der Waals surface area contributed by atoms with E-state index in [2.05, 4.69) is 20.4 Å². The number of carbonyl (C=O) groups excluding carboxylic acids is 1. The van der Waals surface area contributed by atoms with Crippen LogP contribution in [-0.2, 0) is 17.8 Å². The molecule has 1 aromatic carbocycles. The fourth-order valence-corrected chi connectivity index (χ4v) is 5.66. The van der Waals surface area contributed by atoms with Crippen molar-refractivity contribution >= 4 is 51.7 Å². The normalized spacial score (nSPS) is 15.0. The number of rotatable bonds is 4. The number of nitrogens with one attached hydrogen (secondary N) is 1. The Kier molecular flexibility index (Phi) is 6.65. The zero-order valence-electron chi connectivity index (χ0n) is 22.6. The lowest BCUT2D eigenvalue weighted by Gasteiger charge is -2.28. The maximum atomic E-state index is 15.6. The molecule has 5 heterocycles. The van der Waals surface area contributed by atoms with Crippen molar-refractivity contribution in [1.82, 2.24) is 24.6 Å². The standard InChI is InChI=1S/C28H27ClFN7O4/c1-14(2)35-5-4-17-10-22(34-37(17)13-23(35)38)33-21-9-16-8-18(25(30)24(29)20(16)12-31-21)19-11-32-27-26(15(19)3)36(28(39)40)6-7-41-27/h8-12,14H,4-7,13H2,1-3H3,(H,39,40)(H,31,33,34). The Hall–Kier alpha value is -4.45. The minimum atomic E-state index is -1.14. The van der Waals surface area contributed by atoms with Crippen molar-refractivity contribution < 1.29 is 23.8 Å². The number of hydrogen-bond donors (Lipinski definition) is 2. The molecule has 0 saturated heterocycles. The van der Waals surface area contributed by atoms with Gasteiger partial charge in [0.25, 0.3) is 0 Å². The first-order valence-electron chi connectivity index (χ1n) is 13.2. The Balaban J connectivity index is 1.35. The molecule has 0 spiro atoms. The third-order valence-electron chi connectivity index (χ3n) is 7.48. The van der Waals surface area contributed by atoms with Gasteiger partial charge in [-0.1, -0.05) is 11.6 Å². The van der Waals surface area contributed by atoms with Crippen LogP contribution in [0.1, 0.15) is 25.1 Å². The van der Waals surface area contributed by atoms with Crippen molar-refractivity contribution in [3.8, 4) is 17.0 Å². The summed E-state index contributed by atoms with van der Waals surface area (Å²) in [5, 5.41) is 18.3. The summed E-state index contributed by atoms with van der Waals surface area (Å²) in [6.07, 6.45) is 2.48. The van der Waals surface area contributed by atoms with E-state index in [9.17, 15) is 14.7 Å². The molecule has 2 aliphatic heterocycles. The van der Waals surface area contributed by atoms with Crippen LogP contribution in [0.4, 0.5) is 26.5 Å². The number of fused-ring (bicyclic) bond motifs is 3.